The Hall–Kier alpha value is -1.87. The Bertz CT molecular complexity index is 1080. The third-order valence-electron chi connectivity index (χ3n) is 5.01. The first-order valence-electron chi connectivity index (χ1n) is 9.38. The molecule has 144 valence electrons. The van der Waals surface area contributed by atoms with Gasteiger partial charge in [-0.1, -0.05) is 32.0 Å². The standard InChI is InChI=1S/C18H23N5O2S2/c1-3-4-7-23-17(25)21-22-18(23)26-9-13-19-15(24)14-11-6-5-10(2)8-12(11)27-16(14)20-13/h10H,3-9H2,1-2H3,(H,21,25)(H,19,20,24)/t10-/m1/s1. The predicted octanol–water partition coefficient (Wildman–Crippen LogP) is 3.09. The van der Waals surface area contributed by atoms with E-state index >= 15 is 0 Å². The molecule has 3 aromatic rings. The lowest BCUT2D eigenvalue weighted by atomic mass is 9.89. The molecule has 3 aromatic heterocycles. The lowest BCUT2D eigenvalue weighted by Gasteiger charge is -2.17. The molecule has 1 aliphatic rings. The van der Waals surface area contributed by atoms with E-state index in [1.54, 1.807) is 15.9 Å². The van der Waals surface area contributed by atoms with Gasteiger partial charge in [-0.2, -0.15) is 0 Å². The van der Waals surface area contributed by atoms with Gasteiger partial charge in [0.25, 0.3) is 5.56 Å². The number of nitrogens with zero attached hydrogens (tertiary/aromatic N) is 3. The second-order valence-electron chi connectivity index (χ2n) is 7.15. The first-order chi connectivity index (χ1) is 13.1. The summed E-state index contributed by atoms with van der Waals surface area (Å²) in [6.45, 7) is 4.99. The number of aryl methyl sites for hydroxylation is 1. The highest BCUT2D eigenvalue weighted by Gasteiger charge is 2.23. The third-order valence-corrected chi connectivity index (χ3v) is 7.15. The molecule has 0 radical (unpaired) electrons. The molecule has 0 spiro atoms. The van der Waals surface area contributed by atoms with Crippen LogP contribution in [-0.2, 0) is 25.1 Å². The zero-order valence-electron chi connectivity index (χ0n) is 15.5. The largest absolute Gasteiger partial charge is 0.343 e. The van der Waals surface area contributed by atoms with Gasteiger partial charge in [-0.3, -0.25) is 9.36 Å². The molecule has 3 heterocycles. The molecule has 0 amide bonds. The van der Waals surface area contributed by atoms with Crippen molar-refractivity contribution in [1.82, 2.24) is 24.7 Å². The molecule has 0 bridgehead atoms. The molecular formula is C18H23N5O2S2. The van der Waals surface area contributed by atoms with Gasteiger partial charge in [0, 0.05) is 11.4 Å². The van der Waals surface area contributed by atoms with Crippen molar-refractivity contribution in [1.29, 1.82) is 0 Å². The van der Waals surface area contributed by atoms with Gasteiger partial charge in [0.1, 0.15) is 10.7 Å². The molecule has 0 saturated carbocycles. The second-order valence-corrected chi connectivity index (χ2v) is 9.18. The van der Waals surface area contributed by atoms with Crippen molar-refractivity contribution in [2.75, 3.05) is 0 Å². The van der Waals surface area contributed by atoms with Crippen molar-refractivity contribution in [2.24, 2.45) is 5.92 Å². The van der Waals surface area contributed by atoms with Crippen LogP contribution in [0.4, 0.5) is 0 Å². The van der Waals surface area contributed by atoms with Gasteiger partial charge in [0.05, 0.1) is 11.1 Å². The number of H-pyrrole nitrogens is 2. The van der Waals surface area contributed by atoms with E-state index in [-0.39, 0.29) is 11.2 Å². The highest BCUT2D eigenvalue weighted by molar-refractivity contribution is 7.98. The van der Waals surface area contributed by atoms with Crippen molar-refractivity contribution in [3.63, 3.8) is 0 Å². The van der Waals surface area contributed by atoms with Gasteiger partial charge in [0.15, 0.2) is 5.16 Å². The maximum Gasteiger partial charge on any atom is 0.343 e. The van der Waals surface area contributed by atoms with Crippen LogP contribution in [0.1, 0.15) is 49.4 Å². The van der Waals surface area contributed by atoms with Gasteiger partial charge in [-0.15, -0.1) is 16.4 Å². The first-order valence-corrected chi connectivity index (χ1v) is 11.2. The molecule has 1 aliphatic carbocycles. The monoisotopic (exact) mass is 405 g/mol. The van der Waals surface area contributed by atoms with Crippen molar-refractivity contribution < 1.29 is 0 Å². The molecule has 0 saturated heterocycles. The topological polar surface area (TPSA) is 96.4 Å². The maximum absolute atomic E-state index is 12.7. The number of thiophene rings is 1. The van der Waals surface area contributed by atoms with E-state index < -0.39 is 0 Å². The van der Waals surface area contributed by atoms with Crippen molar-refractivity contribution in [3.05, 3.63) is 37.1 Å². The predicted molar refractivity (Wildman–Crippen MR) is 109 cm³/mol. The van der Waals surface area contributed by atoms with Crippen molar-refractivity contribution >= 4 is 33.3 Å². The fourth-order valence-electron chi connectivity index (χ4n) is 3.52. The Morgan fingerprint density at radius 1 is 1.37 bits per heavy atom. The van der Waals surface area contributed by atoms with Crippen LogP contribution in [-0.4, -0.2) is 24.7 Å². The van der Waals surface area contributed by atoms with Crippen LogP contribution in [0.5, 0.6) is 0 Å². The number of aromatic amines is 2. The van der Waals surface area contributed by atoms with Crippen molar-refractivity contribution in [2.45, 2.75) is 63.4 Å². The van der Waals surface area contributed by atoms with Crippen LogP contribution in [0.25, 0.3) is 10.2 Å². The van der Waals surface area contributed by atoms with Crippen LogP contribution in [0, 0.1) is 5.92 Å². The summed E-state index contributed by atoms with van der Waals surface area (Å²) in [5.74, 6) is 1.77. The number of fused-ring (bicyclic) bond motifs is 3. The van der Waals surface area contributed by atoms with Gasteiger partial charge in [-0.25, -0.2) is 14.9 Å². The van der Waals surface area contributed by atoms with E-state index in [9.17, 15) is 9.59 Å². The number of nitrogens with one attached hydrogen (secondary N) is 2. The quantitative estimate of drug-likeness (QED) is 0.614. The van der Waals surface area contributed by atoms with Crippen LogP contribution < -0.4 is 11.2 Å². The fraction of sp³-hybridized carbons (Fsp3) is 0.556. The molecule has 27 heavy (non-hydrogen) atoms. The number of unbranched alkanes of at least 4 members (excludes halogenated alkanes) is 1. The molecule has 1 atom stereocenters. The summed E-state index contributed by atoms with van der Waals surface area (Å²) in [5.41, 5.74) is 0.956. The lowest BCUT2D eigenvalue weighted by molar-refractivity contribution is 0.509. The second kappa shape index (κ2) is 7.63. The molecule has 0 aliphatic heterocycles. The third kappa shape index (κ3) is 3.62. The number of aromatic nitrogens is 5. The van der Waals surface area contributed by atoms with E-state index in [2.05, 4.69) is 29.0 Å². The molecule has 0 aromatic carbocycles. The van der Waals surface area contributed by atoms with E-state index in [1.807, 2.05) is 0 Å². The van der Waals surface area contributed by atoms with Gasteiger partial charge in [-0.05, 0) is 37.2 Å². The zero-order valence-corrected chi connectivity index (χ0v) is 17.1. The van der Waals surface area contributed by atoms with Gasteiger partial charge >= 0.3 is 5.69 Å². The molecule has 4 rings (SSSR count). The highest BCUT2D eigenvalue weighted by Crippen LogP contribution is 2.35. The highest BCUT2D eigenvalue weighted by atomic mass is 32.2. The average Bonchev–Trinajstić information content (AvgIpc) is 3.17. The van der Waals surface area contributed by atoms with Gasteiger partial charge in [0.2, 0.25) is 0 Å². The Kier molecular flexibility index (Phi) is 5.23. The van der Waals surface area contributed by atoms with E-state index in [4.69, 9.17) is 4.98 Å². The summed E-state index contributed by atoms with van der Waals surface area (Å²) in [6.07, 6.45) is 5.07. The summed E-state index contributed by atoms with van der Waals surface area (Å²) in [5, 5.41) is 8.02. The minimum absolute atomic E-state index is 0.0481. The summed E-state index contributed by atoms with van der Waals surface area (Å²) < 4.78 is 1.65. The van der Waals surface area contributed by atoms with Crippen LogP contribution in [0.15, 0.2) is 14.7 Å². The van der Waals surface area contributed by atoms with Crippen molar-refractivity contribution in [3.8, 4) is 0 Å². The average molecular weight is 406 g/mol. The van der Waals surface area contributed by atoms with Crippen LogP contribution in [0.2, 0.25) is 0 Å². The minimum Gasteiger partial charge on any atom is -0.309 e. The Balaban J connectivity index is 1.59. The number of hydrogen-bond acceptors (Lipinski definition) is 6. The SMILES string of the molecule is CCCCn1c(SCc2nc3sc4c(c3c(=O)[nH]2)CC[C@@H](C)C4)n[nH]c1=O. The summed E-state index contributed by atoms with van der Waals surface area (Å²) in [7, 11) is 0. The molecule has 2 N–H and O–H groups in total. The summed E-state index contributed by atoms with van der Waals surface area (Å²) in [6, 6.07) is 0. The fourth-order valence-corrected chi connectivity index (χ4v) is 5.77. The smallest absolute Gasteiger partial charge is 0.309 e. The molecule has 9 heteroatoms. The molecular weight excluding hydrogens is 382 g/mol. The molecule has 7 nitrogen and oxygen atoms in total. The first kappa shape index (κ1) is 18.5. The lowest BCUT2D eigenvalue weighted by Crippen LogP contribution is -2.17. The van der Waals surface area contributed by atoms with Crippen LogP contribution >= 0.6 is 23.1 Å². The number of thioether (sulfide) groups is 1. The molecule has 0 unspecified atom stereocenters. The van der Waals surface area contributed by atoms with E-state index in [0.717, 1.165) is 42.3 Å². The summed E-state index contributed by atoms with van der Waals surface area (Å²) in [4.78, 5) is 34.3. The Morgan fingerprint density at radius 2 is 2.22 bits per heavy atom. The normalized spacial score (nSPS) is 16.7. The number of rotatable bonds is 6. The Morgan fingerprint density at radius 3 is 3.04 bits per heavy atom. The number of hydrogen-bond donors (Lipinski definition) is 2. The Labute approximate surface area is 164 Å². The maximum atomic E-state index is 12.7. The van der Waals surface area contributed by atoms with E-state index in [1.165, 1.54) is 22.2 Å². The minimum atomic E-state index is -0.192. The van der Waals surface area contributed by atoms with Gasteiger partial charge < -0.3 is 4.98 Å². The summed E-state index contributed by atoms with van der Waals surface area (Å²) >= 11 is 3.07. The van der Waals surface area contributed by atoms with E-state index in [0.29, 0.717) is 29.2 Å². The van der Waals surface area contributed by atoms with Crippen LogP contribution in [0.3, 0.4) is 0 Å². The zero-order chi connectivity index (χ0) is 19.0. The molecule has 0 fully saturated rings.